The molecule has 2 heterocycles. The molecule has 0 amide bonds. The largest absolute Gasteiger partial charge is 0.508 e. The highest BCUT2D eigenvalue weighted by Crippen LogP contribution is 2.47. The van der Waals surface area contributed by atoms with Crippen molar-refractivity contribution in [2.45, 2.75) is 36.3 Å². The van der Waals surface area contributed by atoms with Crippen LogP contribution in [-0.4, -0.2) is 68.2 Å². The second-order valence-electron chi connectivity index (χ2n) is 8.54. The number of cyclic esters (lactones) is 1. The van der Waals surface area contributed by atoms with Gasteiger partial charge in [-0.2, -0.15) is 0 Å². The lowest BCUT2D eigenvalue weighted by atomic mass is 9.80. The van der Waals surface area contributed by atoms with Crippen molar-refractivity contribution in [2.75, 3.05) is 0 Å². The van der Waals surface area contributed by atoms with Gasteiger partial charge in [0.1, 0.15) is 29.8 Å². The van der Waals surface area contributed by atoms with E-state index in [9.17, 15) is 35.1 Å². The van der Waals surface area contributed by atoms with Crippen LogP contribution in [0.2, 0.25) is 0 Å². The number of aromatic hydroxyl groups is 1. The van der Waals surface area contributed by atoms with Gasteiger partial charge in [-0.1, -0.05) is 42.5 Å². The van der Waals surface area contributed by atoms with Crippen molar-refractivity contribution in [3.63, 3.8) is 0 Å². The van der Waals surface area contributed by atoms with Crippen molar-refractivity contribution >= 4 is 11.9 Å². The third kappa shape index (κ3) is 3.76. The first-order valence-electron chi connectivity index (χ1n) is 11.0. The van der Waals surface area contributed by atoms with E-state index >= 15 is 0 Å². The summed E-state index contributed by atoms with van der Waals surface area (Å²) in [5.41, 5.74) is 0.858. The molecule has 1 saturated heterocycles. The summed E-state index contributed by atoms with van der Waals surface area (Å²) >= 11 is 0. The minimum absolute atomic E-state index is 0.0493. The smallest absolute Gasteiger partial charge is 0.340 e. The maximum atomic E-state index is 12.8. The average Bonchev–Trinajstić information content (AvgIpc) is 3.18. The van der Waals surface area contributed by atoms with Crippen molar-refractivity contribution in [3.05, 3.63) is 95.1 Å². The Bertz CT molecular complexity index is 1290. The zero-order chi connectivity index (χ0) is 25.6. The molecule has 2 aliphatic heterocycles. The van der Waals surface area contributed by atoms with E-state index in [-0.39, 0.29) is 11.5 Å². The number of phenolic OH excluding ortho intramolecular Hbond substituents is 1. The highest BCUT2D eigenvalue weighted by atomic mass is 16.7. The van der Waals surface area contributed by atoms with Gasteiger partial charge < -0.3 is 39.7 Å². The number of carboxylic acid groups (broad SMARTS) is 1. The van der Waals surface area contributed by atoms with Crippen LogP contribution in [0.1, 0.15) is 27.0 Å². The maximum absolute atomic E-state index is 12.8. The molecular weight excluding hydrogens is 472 g/mol. The third-order valence-electron chi connectivity index (χ3n) is 6.37. The monoisotopic (exact) mass is 494 g/mol. The third-order valence-corrected chi connectivity index (χ3v) is 6.37. The first-order chi connectivity index (χ1) is 17.2. The van der Waals surface area contributed by atoms with E-state index < -0.39 is 48.2 Å². The average molecular weight is 494 g/mol. The number of esters is 1. The van der Waals surface area contributed by atoms with E-state index in [1.165, 1.54) is 24.3 Å². The second kappa shape index (κ2) is 8.92. The van der Waals surface area contributed by atoms with Crippen LogP contribution < -0.4 is 4.74 Å². The number of aliphatic hydroxyl groups is 3. The molecule has 10 heteroatoms. The molecule has 3 aromatic carbocycles. The number of ether oxygens (including phenoxy) is 3. The zero-order valence-electron chi connectivity index (χ0n) is 18.6. The Kier molecular flexibility index (Phi) is 5.89. The molecule has 0 bridgehead atoms. The summed E-state index contributed by atoms with van der Waals surface area (Å²) in [5, 5.41) is 49.1. The van der Waals surface area contributed by atoms with Gasteiger partial charge in [-0.25, -0.2) is 9.59 Å². The number of fused-ring (bicyclic) bond motifs is 1. The summed E-state index contributed by atoms with van der Waals surface area (Å²) in [6.45, 7) is 0. The van der Waals surface area contributed by atoms with E-state index in [2.05, 4.69) is 0 Å². The van der Waals surface area contributed by atoms with E-state index in [0.29, 0.717) is 22.3 Å². The van der Waals surface area contributed by atoms with Gasteiger partial charge >= 0.3 is 11.9 Å². The van der Waals surface area contributed by atoms with Gasteiger partial charge in [-0.05, 0) is 30.3 Å². The summed E-state index contributed by atoms with van der Waals surface area (Å²) in [5.74, 6) is -1.82. The fraction of sp³-hybridized carbons (Fsp3) is 0.231. The van der Waals surface area contributed by atoms with Gasteiger partial charge in [-0.15, -0.1) is 0 Å². The Morgan fingerprint density at radius 2 is 1.44 bits per heavy atom. The topological polar surface area (TPSA) is 163 Å². The van der Waals surface area contributed by atoms with Gasteiger partial charge in [0, 0.05) is 16.7 Å². The molecule has 5 N–H and O–H groups in total. The number of hydrogen-bond acceptors (Lipinski definition) is 9. The molecule has 3 aromatic rings. The van der Waals surface area contributed by atoms with E-state index in [1.54, 1.807) is 48.5 Å². The number of rotatable bonds is 5. The van der Waals surface area contributed by atoms with Crippen LogP contribution in [0, 0.1) is 0 Å². The van der Waals surface area contributed by atoms with Crippen LogP contribution in [0.4, 0.5) is 0 Å². The predicted molar refractivity (Wildman–Crippen MR) is 121 cm³/mol. The Labute approximate surface area is 204 Å². The number of carbonyl (C=O) groups is 2. The molecule has 10 nitrogen and oxygen atoms in total. The van der Waals surface area contributed by atoms with E-state index in [1.807, 2.05) is 0 Å². The molecule has 0 aromatic heterocycles. The van der Waals surface area contributed by atoms with Crippen LogP contribution in [0.15, 0.2) is 72.8 Å². The lowest BCUT2D eigenvalue weighted by Gasteiger charge is -2.38. The molecule has 6 atom stereocenters. The van der Waals surface area contributed by atoms with Crippen molar-refractivity contribution < 1.29 is 49.3 Å². The highest BCUT2D eigenvalue weighted by Gasteiger charge is 2.49. The number of benzene rings is 3. The molecule has 0 aliphatic carbocycles. The predicted octanol–water partition coefficient (Wildman–Crippen LogP) is 1.13. The lowest BCUT2D eigenvalue weighted by molar-refractivity contribution is -0.271. The van der Waals surface area contributed by atoms with E-state index in [4.69, 9.17) is 14.2 Å². The van der Waals surface area contributed by atoms with E-state index in [0.717, 1.165) is 0 Å². The first-order valence-corrected chi connectivity index (χ1v) is 11.0. The van der Waals surface area contributed by atoms with Crippen LogP contribution in [-0.2, 0) is 19.9 Å². The Morgan fingerprint density at radius 1 is 0.833 bits per heavy atom. The molecular formula is C26H22O10. The molecule has 0 radical (unpaired) electrons. The SMILES string of the molecule is O=C1O[C@](c2ccc(O)cc2)(c2ccc(O[C@@H]3O[C@H](C(=O)O)[C@H](O)[C@@H](O)[C@@H]3O)cc2)c2ccccc21. The molecule has 0 spiro atoms. The number of phenols is 1. The molecule has 2 aliphatic rings. The molecule has 36 heavy (non-hydrogen) atoms. The maximum Gasteiger partial charge on any atom is 0.340 e. The number of carbonyl (C=O) groups excluding carboxylic acids is 1. The summed E-state index contributed by atoms with van der Waals surface area (Å²) < 4.78 is 16.7. The lowest BCUT2D eigenvalue weighted by Crippen LogP contribution is -2.61. The van der Waals surface area contributed by atoms with Crippen LogP contribution in [0.5, 0.6) is 11.5 Å². The van der Waals surface area contributed by atoms with Crippen LogP contribution in [0.25, 0.3) is 0 Å². The highest BCUT2D eigenvalue weighted by molar-refractivity contribution is 5.96. The van der Waals surface area contributed by atoms with Gasteiger partial charge in [0.05, 0.1) is 5.56 Å². The van der Waals surface area contributed by atoms with Gasteiger partial charge in [-0.3, -0.25) is 0 Å². The standard InChI is InChI=1S/C26H22O10/c27-15-9-5-13(6-10-15)26(18-4-2-1-3-17(18)24(33)36-26)14-7-11-16(12-8-14)34-25-21(30)19(28)20(29)22(35-25)23(31)32/h1-12,19-22,25,27-30H,(H,31,32)/t19-,20-,21+,22+,25-,26-/m1/s1. The van der Waals surface area contributed by atoms with Crippen molar-refractivity contribution in [1.29, 1.82) is 0 Å². The number of aliphatic hydroxyl groups excluding tert-OH is 3. The summed E-state index contributed by atoms with van der Waals surface area (Å²) in [6.07, 6.45) is -8.69. The number of aliphatic carboxylic acids is 1. The van der Waals surface area contributed by atoms with Gasteiger partial charge in [0.2, 0.25) is 6.29 Å². The quantitative estimate of drug-likeness (QED) is 0.325. The second-order valence-corrected chi connectivity index (χ2v) is 8.54. The molecule has 0 saturated carbocycles. The molecule has 0 unspecified atom stereocenters. The van der Waals surface area contributed by atoms with Crippen molar-refractivity contribution in [2.24, 2.45) is 0 Å². The fourth-order valence-corrected chi connectivity index (χ4v) is 4.56. The van der Waals surface area contributed by atoms with Gasteiger partial charge in [0.25, 0.3) is 0 Å². The Morgan fingerprint density at radius 3 is 2.08 bits per heavy atom. The zero-order valence-corrected chi connectivity index (χ0v) is 18.6. The number of hydrogen-bond donors (Lipinski definition) is 5. The minimum atomic E-state index is -1.83. The molecule has 5 rings (SSSR count). The number of carboxylic acids is 1. The van der Waals surface area contributed by atoms with Crippen molar-refractivity contribution in [1.82, 2.24) is 0 Å². The molecule has 186 valence electrons. The molecule has 1 fully saturated rings. The van der Waals surface area contributed by atoms with Crippen molar-refractivity contribution in [3.8, 4) is 11.5 Å². The summed E-state index contributed by atoms with van der Waals surface area (Å²) in [7, 11) is 0. The summed E-state index contributed by atoms with van der Waals surface area (Å²) in [4.78, 5) is 24.1. The van der Waals surface area contributed by atoms with Crippen LogP contribution >= 0.6 is 0 Å². The fourth-order valence-electron chi connectivity index (χ4n) is 4.56. The Balaban J connectivity index is 1.50. The summed E-state index contributed by atoms with van der Waals surface area (Å²) in [6, 6.07) is 19.5. The van der Waals surface area contributed by atoms with Crippen LogP contribution in [0.3, 0.4) is 0 Å². The Hall–Kier alpha value is -3.96. The normalized spacial score (nSPS) is 29.3. The minimum Gasteiger partial charge on any atom is -0.508 e. The van der Waals surface area contributed by atoms with Gasteiger partial charge in [0.15, 0.2) is 11.7 Å². The first kappa shape index (κ1) is 23.8.